The smallest absolute Gasteiger partial charge is 0.208 e. The van der Waals surface area contributed by atoms with Gasteiger partial charge in [0.1, 0.15) is 5.82 Å². The van der Waals surface area contributed by atoms with Crippen molar-refractivity contribution in [1.29, 1.82) is 0 Å². The zero-order valence-corrected chi connectivity index (χ0v) is 14.0. The van der Waals surface area contributed by atoms with Gasteiger partial charge in [0, 0.05) is 16.7 Å². The van der Waals surface area contributed by atoms with Crippen LogP contribution >= 0.6 is 34.2 Å². The summed E-state index contributed by atoms with van der Waals surface area (Å²) in [5.41, 5.74) is 1.84. The lowest BCUT2D eigenvalue weighted by Gasteiger charge is -2.08. The molecule has 8 heteroatoms. The normalized spacial score (nSPS) is 12.2. The molecule has 0 aliphatic heterocycles. The summed E-state index contributed by atoms with van der Waals surface area (Å²) in [5.74, 6) is 1.04. The van der Waals surface area contributed by atoms with E-state index in [1.165, 1.54) is 0 Å². The van der Waals surface area contributed by atoms with Gasteiger partial charge < -0.3 is 4.57 Å². The fraction of sp³-hybridized carbons (Fsp3) is 0.364. The zero-order chi connectivity index (χ0) is 14.0. The van der Waals surface area contributed by atoms with E-state index in [0.29, 0.717) is 19.0 Å². The van der Waals surface area contributed by atoms with Gasteiger partial charge in [-0.1, -0.05) is 0 Å². The highest BCUT2D eigenvalue weighted by Crippen LogP contribution is 2.19. The molecule has 0 fully saturated rings. The molecule has 1 N–H and O–H groups in total. The van der Waals surface area contributed by atoms with Crippen LogP contribution in [0.4, 0.5) is 0 Å². The lowest BCUT2D eigenvalue weighted by Crippen LogP contribution is -2.26. The summed E-state index contributed by atoms with van der Waals surface area (Å²) in [6.45, 7) is 0.826. The predicted octanol–water partition coefficient (Wildman–Crippen LogP) is 1.93. The SMILES string of the molecule is CS(=O)(=O)NCCn1c(CCl)nc2cc(I)ccc21. The second-order valence-corrected chi connectivity index (χ2v) is 7.46. The van der Waals surface area contributed by atoms with Crippen LogP contribution in [0.25, 0.3) is 11.0 Å². The third-order valence-corrected chi connectivity index (χ3v) is 4.25. The van der Waals surface area contributed by atoms with Crippen LogP contribution in [0.2, 0.25) is 0 Å². The number of sulfonamides is 1. The highest BCUT2D eigenvalue weighted by atomic mass is 127. The van der Waals surface area contributed by atoms with Gasteiger partial charge in [-0.05, 0) is 40.8 Å². The molecule has 0 unspecified atom stereocenters. The first-order valence-corrected chi connectivity index (χ1v) is 9.06. The van der Waals surface area contributed by atoms with E-state index in [4.69, 9.17) is 11.6 Å². The number of rotatable bonds is 5. The molecular formula is C11H13ClIN3O2S. The van der Waals surface area contributed by atoms with E-state index in [0.717, 1.165) is 26.7 Å². The highest BCUT2D eigenvalue weighted by Gasteiger charge is 2.10. The molecular weight excluding hydrogens is 401 g/mol. The minimum atomic E-state index is -3.17. The molecule has 1 aromatic carbocycles. The summed E-state index contributed by atoms with van der Waals surface area (Å²) in [7, 11) is -3.17. The molecule has 2 rings (SSSR count). The number of alkyl halides is 1. The zero-order valence-electron chi connectivity index (χ0n) is 10.2. The number of imidazole rings is 1. The minimum Gasteiger partial charge on any atom is -0.326 e. The third kappa shape index (κ3) is 3.80. The van der Waals surface area contributed by atoms with E-state index >= 15 is 0 Å². The van der Waals surface area contributed by atoms with Gasteiger partial charge in [-0.25, -0.2) is 18.1 Å². The van der Waals surface area contributed by atoms with E-state index < -0.39 is 10.0 Å². The molecule has 0 spiro atoms. The molecule has 0 bridgehead atoms. The Morgan fingerprint density at radius 1 is 1.47 bits per heavy atom. The van der Waals surface area contributed by atoms with Gasteiger partial charge in [-0.15, -0.1) is 11.6 Å². The largest absolute Gasteiger partial charge is 0.326 e. The Morgan fingerprint density at radius 2 is 2.21 bits per heavy atom. The first-order valence-electron chi connectivity index (χ1n) is 5.56. The fourth-order valence-electron chi connectivity index (χ4n) is 1.85. The Morgan fingerprint density at radius 3 is 2.84 bits per heavy atom. The Labute approximate surface area is 130 Å². The maximum Gasteiger partial charge on any atom is 0.208 e. The number of hydrogen-bond acceptors (Lipinski definition) is 3. The maximum atomic E-state index is 11.1. The number of halogens is 2. The van der Waals surface area contributed by atoms with Crippen molar-refractivity contribution >= 4 is 55.2 Å². The molecule has 0 radical (unpaired) electrons. The topological polar surface area (TPSA) is 64.0 Å². The van der Waals surface area contributed by atoms with Gasteiger partial charge >= 0.3 is 0 Å². The van der Waals surface area contributed by atoms with Crippen molar-refractivity contribution in [1.82, 2.24) is 14.3 Å². The summed E-state index contributed by atoms with van der Waals surface area (Å²) in [6.07, 6.45) is 1.14. The third-order valence-electron chi connectivity index (χ3n) is 2.61. The molecule has 5 nitrogen and oxygen atoms in total. The van der Waals surface area contributed by atoms with E-state index in [-0.39, 0.29) is 0 Å². The Hall–Kier alpha value is -0.380. The molecule has 1 aromatic heterocycles. The van der Waals surface area contributed by atoms with Crippen LogP contribution in [0, 0.1) is 3.57 Å². The number of benzene rings is 1. The summed E-state index contributed by atoms with van der Waals surface area (Å²) < 4.78 is 27.6. The first-order chi connectivity index (χ1) is 8.90. The lowest BCUT2D eigenvalue weighted by molar-refractivity contribution is 0.578. The van der Waals surface area contributed by atoms with Gasteiger partial charge in [-0.2, -0.15) is 0 Å². The average Bonchev–Trinajstić information content (AvgIpc) is 2.65. The summed E-state index contributed by atoms with van der Waals surface area (Å²) in [4.78, 5) is 4.46. The van der Waals surface area contributed by atoms with Gasteiger partial charge in [0.05, 0.1) is 23.2 Å². The van der Waals surface area contributed by atoms with Crippen LogP contribution < -0.4 is 4.72 Å². The summed E-state index contributed by atoms with van der Waals surface area (Å²) >= 11 is 8.11. The minimum absolute atomic E-state index is 0.296. The van der Waals surface area contributed by atoms with Crippen molar-refractivity contribution in [2.75, 3.05) is 12.8 Å². The first kappa shape index (κ1) is 15.0. The van der Waals surface area contributed by atoms with Gasteiger partial charge in [-0.3, -0.25) is 0 Å². The lowest BCUT2D eigenvalue weighted by atomic mass is 10.3. The number of nitrogens with zero attached hydrogens (tertiary/aromatic N) is 2. The van der Waals surface area contributed by atoms with E-state index in [9.17, 15) is 8.42 Å². The van der Waals surface area contributed by atoms with Gasteiger partial charge in [0.25, 0.3) is 0 Å². The molecule has 0 aliphatic rings. The molecule has 0 saturated carbocycles. The molecule has 104 valence electrons. The molecule has 0 saturated heterocycles. The van der Waals surface area contributed by atoms with Crippen LogP contribution in [0.15, 0.2) is 18.2 Å². The van der Waals surface area contributed by atoms with Crippen molar-refractivity contribution in [2.45, 2.75) is 12.4 Å². The van der Waals surface area contributed by atoms with Crippen molar-refractivity contribution in [3.05, 3.63) is 27.6 Å². The molecule has 0 amide bonds. The van der Waals surface area contributed by atoms with Crippen molar-refractivity contribution < 1.29 is 8.42 Å². The van der Waals surface area contributed by atoms with Crippen molar-refractivity contribution in [2.24, 2.45) is 0 Å². The Kier molecular flexibility index (Phi) is 4.70. The van der Waals surface area contributed by atoms with Crippen LogP contribution in [0.3, 0.4) is 0 Å². The molecule has 0 atom stereocenters. The summed E-state index contributed by atoms with van der Waals surface area (Å²) in [6, 6.07) is 5.94. The number of aromatic nitrogens is 2. The van der Waals surface area contributed by atoms with Gasteiger partial charge in [0.15, 0.2) is 0 Å². The molecule has 1 heterocycles. The quantitative estimate of drug-likeness (QED) is 0.602. The monoisotopic (exact) mass is 413 g/mol. The molecule has 0 aliphatic carbocycles. The van der Waals surface area contributed by atoms with Gasteiger partial charge in [0.2, 0.25) is 10.0 Å². The predicted molar refractivity (Wildman–Crippen MR) is 84.9 cm³/mol. The second kappa shape index (κ2) is 5.94. The van der Waals surface area contributed by atoms with E-state index in [1.807, 2.05) is 22.8 Å². The number of hydrogen-bond donors (Lipinski definition) is 1. The molecule has 19 heavy (non-hydrogen) atoms. The second-order valence-electron chi connectivity index (χ2n) is 4.11. The molecule has 2 aromatic rings. The van der Waals surface area contributed by atoms with E-state index in [1.54, 1.807) is 0 Å². The average molecular weight is 414 g/mol. The highest BCUT2D eigenvalue weighted by molar-refractivity contribution is 14.1. The van der Waals surface area contributed by atoms with Crippen LogP contribution in [-0.4, -0.2) is 30.8 Å². The Bertz CT molecular complexity index is 699. The van der Waals surface area contributed by atoms with Crippen LogP contribution in [0.5, 0.6) is 0 Å². The van der Waals surface area contributed by atoms with E-state index in [2.05, 4.69) is 32.3 Å². The number of fused-ring (bicyclic) bond motifs is 1. The van der Waals surface area contributed by atoms with Crippen molar-refractivity contribution in [3.8, 4) is 0 Å². The van der Waals surface area contributed by atoms with Crippen LogP contribution in [0.1, 0.15) is 5.82 Å². The van der Waals surface area contributed by atoms with Crippen LogP contribution in [-0.2, 0) is 22.4 Å². The fourth-order valence-corrected chi connectivity index (χ4v) is 2.99. The standard InChI is InChI=1S/C11H13ClIN3O2S/c1-19(17,18)14-4-5-16-10-3-2-8(13)6-9(10)15-11(16)7-12/h2-3,6,14H,4-5,7H2,1H3. The Balaban J connectivity index is 2.30. The summed E-state index contributed by atoms with van der Waals surface area (Å²) in [5, 5.41) is 0. The number of nitrogens with one attached hydrogen (secondary N) is 1. The maximum absolute atomic E-state index is 11.1. The van der Waals surface area contributed by atoms with Crippen molar-refractivity contribution in [3.63, 3.8) is 0 Å².